The molecule has 0 fully saturated rings. The summed E-state index contributed by atoms with van der Waals surface area (Å²) in [7, 11) is 0. The topological polar surface area (TPSA) is 59.2 Å². The average molecular weight is 432 g/mol. The molecule has 1 amide bonds. The number of nitrogens with zero attached hydrogens (tertiary/aromatic N) is 3. The molecule has 0 saturated carbocycles. The third-order valence-electron chi connectivity index (χ3n) is 3.64. The standard InChI is InChI=1S/C19H18BrN3O2S/c1-13(2)23(16-6-4-3-5-7-16)17(24)12-26-19-21-18(25-22-19)14-8-10-15(20)11-9-14/h3-11,13H,12H2,1-2H3. The third-order valence-corrected chi connectivity index (χ3v) is 4.99. The van der Waals surface area contributed by atoms with Crippen LogP contribution >= 0.6 is 27.7 Å². The Balaban J connectivity index is 1.66. The van der Waals surface area contributed by atoms with Crippen molar-refractivity contribution in [2.24, 2.45) is 0 Å². The highest BCUT2D eigenvalue weighted by molar-refractivity contribution is 9.10. The maximum absolute atomic E-state index is 12.7. The van der Waals surface area contributed by atoms with Crippen LogP contribution in [0.3, 0.4) is 0 Å². The molecular formula is C19H18BrN3O2S. The second-order valence-electron chi connectivity index (χ2n) is 5.87. The van der Waals surface area contributed by atoms with Crippen molar-refractivity contribution in [2.45, 2.75) is 25.0 Å². The minimum atomic E-state index is 0.00573. The van der Waals surface area contributed by atoms with Crippen LogP contribution in [-0.2, 0) is 4.79 Å². The summed E-state index contributed by atoms with van der Waals surface area (Å²) in [5.41, 5.74) is 1.73. The number of carbonyl (C=O) groups is 1. The summed E-state index contributed by atoms with van der Waals surface area (Å²) in [5.74, 6) is 0.689. The fraction of sp³-hybridized carbons (Fsp3) is 0.211. The average Bonchev–Trinajstić information content (AvgIpc) is 3.10. The highest BCUT2D eigenvalue weighted by Crippen LogP contribution is 2.24. The number of carbonyl (C=O) groups excluding carboxylic acids is 1. The Morgan fingerprint density at radius 2 is 1.85 bits per heavy atom. The van der Waals surface area contributed by atoms with Crippen LogP contribution in [0.25, 0.3) is 11.5 Å². The van der Waals surface area contributed by atoms with Crippen LogP contribution in [0.1, 0.15) is 13.8 Å². The summed E-state index contributed by atoms with van der Waals surface area (Å²) in [5, 5.41) is 4.41. The van der Waals surface area contributed by atoms with Gasteiger partial charge in [-0.3, -0.25) is 4.79 Å². The quantitative estimate of drug-likeness (QED) is 0.512. The van der Waals surface area contributed by atoms with Gasteiger partial charge in [0.25, 0.3) is 5.89 Å². The normalized spacial score (nSPS) is 10.9. The Morgan fingerprint density at radius 1 is 1.15 bits per heavy atom. The fourth-order valence-electron chi connectivity index (χ4n) is 2.49. The second-order valence-corrected chi connectivity index (χ2v) is 7.73. The largest absolute Gasteiger partial charge is 0.333 e. The number of amides is 1. The molecule has 1 heterocycles. The van der Waals surface area contributed by atoms with E-state index in [1.807, 2.05) is 68.4 Å². The summed E-state index contributed by atoms with van der Waals surface area (Å²) in [4.78, 5) is 18.8. The number of hydrogen-bond acceptors (Lipinski definition) is 5. The van der Waals surface area contributed by atoms with E-state index in [-0.39, 0.29) is 17.7 Å². The molecule has 0 aliphatic heterocycles. The smallest absolute Gasteiger partial charge is 0.258 e. The first-order valence-corrected chi connectivity index (χ1v) is 9.92. The predicted octanol–water partition coefficient (Wildman–Crippen LogP) is 5.03. The van der Waals surface area contributed by atoms with Crippen molar-refractivity contribution in [2.75, 3.05) is 10.7 Å². The lowest BCUT2D eigenvalue weighted by atomic mass is 10.2. The number of aromatic nitrogens is 2. The molecule has 5 nitrogen and oxygen atoms in total. The van der Waals surface area contributed by atoms with Crippen LogP contribution in [0.15, 0.2) is 68.7 Å². The summed E-state index contributed by atoms with van der Waals surface area (Å²) in [6.07, 6.45) is 0. The zero-order chi connectivity index (χ0) is 18.5. The van der Waals surface area contributed by atoms with Gasteiger partial charge in [-0.1, -0.05) is 45.9 Å². The fourth-order valence-corrected chi connectivity index (χ4v) is 3.39. The number of hydrogen-bond donors (Lipinski definition) is 0. The van der Waals surface area contributed by atoms with Gasteiger partial charge in [-0.25, -0.2) is 0 Å². The summed E-state index contributed by atoms with van der Waals surface area (Å²) in [6.45, 7) is 3.99. The molecule has 7 heteroatoms. The zero-order valence-electron chi connectivity index (χ0n) is 14.4. The van der Waals surface area contributed by atoms with E-state index in [1.54, 1.807) is 4.90 Å². The Morgan fingerprint density at radius 3 is 2.50 bits per heavy atom. The Kier molecular flexibility index (Phi) is 6.11. The molecule has 0 spiro atoms. The Labute approximate surface area is 164 Å². The van der Waals surface area contributed by atoms with Gasteiger partial charge in [-0.05, 0) is 55.4 Å². The first-order valence-electron chi connectivity index (χ1n) is 8.14. The van der Waals surface area contributed by atoms with Gasteiger partial charge in [0.2, 0.25) is 11.1 Å². The second kappa shape index (κ2) is 8.51. The third kappa shape index (κ3) is 4.53. The van der Waals surface area contributed by atoms with Gasteiger partial charge in [0.05, 0.1) is 5.75 Å². The van der Waals surface area contributed by atoms with E-state index >= 15 is 0 Å². The van der Waals surface area contributed by atoms with E-state index in [1.165, 1.54) is 11.8 Å². The predicted molar refractivity (Wildman–Crippen MR) is 107 cm³/mol. The summed E-state index contributed by atoms with van der Waals surface area (Å²) >= 11 is 4.67. The molecule has 0 aliphatic rings. The lowest BCUT2D eigenvalue weighted by Gasteiger charge is -2.26. The van der Waals surface area contributed by atoms with E-state index in [2.05, 4.69) is 26.1 Å². The highest BCUT2D eigenvalue weighted by atomic mass is 79.9. The molecule has 0 aliphatic carbocycles. The van der Waals surface area contributed by atoms with Crippen molar-refractivity contribution in [3.05, 3.63) is 59.1 Å². The lowest BCUT2D eigenvalue weighted by molar-refractivity contribution is -0.116. The van der Waals surface area contributed by atoms with Gasteiger partial charge in [0.1, 0.15) is 0 Å². The van der Waals surface area contributed by atoms with Gasteiger partial charge in [-0.15, -0.1) is 0 Å². The molecule has 134 valence electrons. The first kappa shape index (κ1) is 18.7. The number of thioether (sulfide) groups is 1. The van der Waals surface area contributed by atoms with Crippen molar-refractivity contribution < 1.29 is 9.32 Å². The number of halogens is 1. The SMILES string of the molecule is CC(C)N(C(=O)CSc1noc(-c2ccc(Br)cc2)n1)c1ccccc1. The van der Waals surface area contributed by atoms with Crippen LogP contribution in [-0.4, -0.2) is 27.8 Å². The molecule has 0 radical (unpaired) electrons. The molecule has 26 heavy (non-hydrogen) atoms. The lowest BCUT2D eigenvalue weighted by Crippen LogP contribution is -2.38. The number of anilines is 1. The van der Waals surface area contributed by atoms with E-state index in [0.717, 1.165) is 15.7 Å². The zero-order valence-corrected chi connectivity index (χ0v) is 16.8. The van der Waals surface area contributed by atoms with Gasteiger partial charge in [-0.2, -0.15) is 4.98 Å². The van der Waals surface area contributed by atoms with E-state index in [0.29, 0.717) is 11.0 Å². The summed E-state index contributed by atoms with van der Waals surface area (Å²) < 4.78 is 6.28. The molecular weight excluding hydrogens is 414 g/mol. The van der Waals surface area contributed by atoms with E-state index in [9.17, 15) is 4.79 Å². The van der Waals surface area contributed by atoms with E-state index < -0.39 is 0 Å². The molecule has 0 unspecified atom stereocenters. The highest BCUT2D eigenvalue weighted by Gasteiger charge is 2.20. The van der Waals surface area contributed by atoms with Crippen LogP contribution in [0.5, 0.6) is 0 Å². The molecule has 2 aromatic carbocycles. The number of rotatable bonds is 6. The first-order chi connectivity index (χ1) is 12.5. The number of benzene rings is 2. The van der Waals surface area contributed by atoms with Crippen molar-refractivity contribution in [3.63, 3.8) is 0 Å². The van der Waals surface area contributed by atoms with Gasteiger partial charge in [0, 0.05) is 21.8 Å². The molecule has 0 N–H and O–H groups in total. The van der Waals surface area contributed by atoms with Gasteiger partial charge < -0.3 is 9.42 Å². The molecule has 1 aromatic heterocycles. The monoisotopic (exact) mass is 431 g/mol. The number of para-hydroxylation sites is 1. The van der Waals surface area contributed by atoms with Crippen molar-refractivity contribution >= 4 is 39.3 Å². The van der Waals surface area contributed by atoms with Gasteiger partial charge >= 0.3 is 0 Å². The minimum Gasteiger partial charge on any atom is -0.333 e. The van der Waals surface area contributed by atoms with Crippen LogP contribution in [0.2, 0.25) is 0 Å². The minimum absolute atomic E-state index is 0.00573. The van der Waals surface area contributed by atoms with E-state index in [4.69, 9.17) is 4.52 Å². The maximum Gasteiger partial charge on any atom is 0.258 e. The molecule has 3 rings (SSSR count). The van der Waals surface area contributed by atoms with Crippen LogP contribution in [0.4, 0.5) is 5.69 Å². The molecule has 0 bridgehead atoms. The molecule has 3 aromatic rings. The van der Waals surface area contributed by atoms with Crippen molar-refractivity contribution in [1.29, 1.82) is 0 Å². The Hall–Kier alpha value is -2.12. The van der Waals surface area contributed by atoms with Crippen LogP contribution in [0, 0.1) is 0 Å². The summed E-state index contributed by atoms with van der Waals surface area (Å²) in [6, 6.07) is 17.3. The van der Waals surface area contributed by atoms with Crippen molar-refractivity contribution in [3.8, 4) is 11.5 Å². The maximum atomic E-state index is 12.7. The Bertz CT molecular complexity index is 866. The van der Waals surface area contributed by atoms with Crippen molar-refractivity contribution in [1.82, 2.24) is 10.1 Å². The van der Waals surface area contributed by atoms with Crippen LogP contribution < -0.4 is 4.90 Å². The molecule has 0 saturated heterocycles. The van der Waals surface area contributed by atoms with Gasteiger partial charge in [0.15, 0.2) is 0 Å². The molecule has 0 atom stereocenters.